The fourth-order valence-electron chi connectivity index (χ4n) is 3.26. The van der Waals surface area contributed by atoms with Crippen LogP contribution in [0.5, 0.6) is 0 Å². The number of unbranched alkanes of at least 4 members (excludes halogenated alkanes) is 1. The van der Waals surface area contributed by atoms with Crippen molar-refractivity contribution in [2.45, 2.75) is 32.2 Å². The van der Waals surface area contributed by atoms with Crippen LogP contribution in [0.3, 0.4) is 0 Å². The van der Waals surface area contributed by atoms with E-state index in [0.717, 1.165) is 36.3 Å². The average Bonchev–Trinajstić information content (AvgIpc) is 3.37. The highest BCUT2D eigenvalue weighted by Gasteiger charge is 2.10. The summed E-state index contributed by atoms with van der Waals surface area (Å²) in [6.45, 7) is 0.525. The van der Waals surface area contributed by atoms with Gasteiger partial charge in [0.15, 0.2) is 0 Å². The second kappa shape index (κ2) is 8.85. The molecule has 4 rings (SSSR count). The zero-order valence-electron chi connectivity index (χ0n) is 15.7. The minimum absolute atomic E-state index is 0.107. The highest BCUT2D eigenvalue weighted by molar-refractivity contribution is 7.09. The van der Waals surface area contributed by atoms with E-state index in [1.54, 1.807) is 11.3 Å². The first-order valence-corrected chi connectivity index (χ1v) is 10.5. The molecule has 0 aliphatic rings. The van der Waals surface area contributed by atoms with Gasteiger partial charge in [-0.2, -0.15) is 0 Å². The molecule has 0 fully saturated rings. The van der Waals surface area contributed by atoms with E-state index < -0.39 is 0 Å². The second-order valence-electron chi connectivity index (χ2n) is 6.88. The molecule has 4 nitrogen and oxygen atoms in total. The first-order valence-electron chi connectivity index (χ1n) is 9.61. The normalized spacial score (nSPS) is 11.0. The molecule has 2 heterocycles. The van der Waals surface area contributed by atoms with E-state index in [9.17, 15) is 4.79 Å². The third-order valence-corrected chi connectivity index (χ3v) is 5.66. The van der Waals surface area contributed by atoms with Crippen molar-refractivity contribution in [3.8, 4) is 0 Å². The van der Waals surface area contributed by atoms with Crippen molar-refractivity contribution in [2.24, 2.45) is 0 Å². The maximum atomic E-state index is 12.3. The first kappa shape index (κ1) is 18.4. The molecule has 1 amide bonds. The van der Waals surface area contributed by atoms with E-state index >= 15 is 0 Å². The zero-order chi connectivity index (χ0) is 19.2. The summed E-state index contributed by atoms with van der Waals surface area (Å²) >= 11 is 1.57. The fraction of sp³-hybridized carbons (Fsp3) is 0.217. The van der Waals surface area contributed by atoms with Crippen LogP contribution in [0.4, 0.5) is 0 Å². The number of thiazole rings is 1. The van der Waals surface area contributed by atoms with E-state index in [1.807, 2.05) is 35.7 Å². The molecule has 2 aromatic carbocycles. The highest BCUT2D eigenvalue weighted by atomic mass is 32.1. The lowest BCUT2D eigenvalue weighted by atomic mass is 10.1. The van der Waals surface area contributed by atoms with E-state index in [2.05, 4.69) is 45.6 Å². The van der Waals surface area contributed by atoms with Gasteiger partial charge in [-0.15, -0.1) is 11.3 Å². The Morgan fingerprint density at radius 2 is 1.79 bits per heavy atom. The van der Waals surface area contributed by atoms with Gasteiger partial charge in [-0.25, -0.2) is 4.98 Å². The summed E-state index contributed by atoms with van der Waals surface area (Å²) in [7, 11) is 0. The van der Waals surface area contributed by atoms with Gasteiger partial charge in [0.05, 0.1) is 5.01 Å². The van der Waals surface area contributed by atoms with Crippen molar-refractivity contribution in [3.63, 3.8) is 0 Å². The molecule has 142 valence electrons. The molecule has 0 atom stereocenters. The number of hydrogen-bond acceptors (Lipinski definition) is 3. The van der Waals surface area contributed by atoms with Gasteiger partial charge < -0.3 is 10.3 Å². The number of aromatic nitrogens is 2. The van der Waals surface area contributed by atoms with Gasteiger partial charge in [0, 0.05) is 23.1 Å². The summed E-state index contributed by atoms with van der Waals surface area (Å²) in [6, 6.07) is 20.5. The molecule has 0 radical (unpaired) electrons. The van der Waals surface area contributed by atoms with Crippen molar-refractivity contribution >= 4 is 28.1 Å². The number of aryl methyl sites for hydroxylation is 2. The number of H-pyrrole nitrogens is 1. The molecule has 28 heavy (non-hydrogen) atoms. The van der Waals surface area contributed by atoms with Crippen molar-refractivity contribution in [2.75, 3.05) is 0 Å². The van der Waals surface area contributed by atoms with Crippen molar-refractivity contribution in [1.82, 2.24) is 15.3 Å². The average molecular weight is 390 g/mol. The third-order valence-electron chi connectivity index (χ3n) is 4.75. The van der Waals surface area contributed by atoms with Crippen LogP contribution in [0.15, 0.2) is 66.0 Å². The minimum atomic E-state index is -0.107. The molecule has 0 saturated heterocycles. The lowest BCUT2D eigenvalue weighted by molar-refractivity contribution is 0.0946. The third kappa shape index (κ3) is 4.67. The fourth-order valence-corrected chi connectivity index (χ4v) is 4.08. The number of para-hydroxylation sites is 1. The van der Waals surface area contributed by atoms with Gasteiger partial charge >= 0.3 is 0 Å². The molecule has 4 aromatic rings. The van der Waals surface area contributed by atoms with E-state index in [-0.39, 0.29) is 5.91 Å². The predicted molar refractivity (Wildman–Crippen MR) is 115 cm³/mol. The number of aromatic amines is 1. The summed E-state index contributed by atoms with van der Waals surface area (Å²) in [5.41, 5.74) is 4.08. The van der Waals surface area contributed by atoms with Crippen LogP contribution in [0.1, 0.15) is 39.6 Å². The molecule has 2 aromatic heterocycles. The van der Waals surface area contributed by atoms with Crippen LogP contribution in [0, 0.1) is 0 Å². The Morgan fingerprint density at radius 3 is 2.64 bits per heavy atom. The van der Waals surface area contributed by atoms with Crippen LogP contribution in [-0.4, -0.2) is 15.9 Å². The van der Waals surface area contributed by atoms with Gasteiger partial charge in [0.25, 0.3) is 5.91 Å². The number of hydrogen-bond donors (Lipinski definition) is 2. The molecule has 5 heteroatoms. The molecule has 0 unspecified atom stereocenters. The number of carbonyl (C=O) groups is 1. The lowest BCUT2D eigenvalue weighted by Crippen LogP contribution is -2.23. The summed E-state index contributed by atoms with van der Waals surface area (Å²) in [5.74, 6) is -0.107. The number of nitrogens with zero attached hydrogens (tertiary/aromatic N) is 1. The maximum absolute atomic E-state index is 12.3. The second-order valence-corrected chi connectivity index (χ2v) is 7.83. The van der Waals surface area contributed by atoms with E-state index in [4.69, 9.17) is 0 Å². The Hall–Kier alpha value is -2.92. The van der Waals surface area contributed by atoms with Crippen LogP contribution in [0.25, 0.3) is 10.9 Å². The van der Waals surface area contributed by atoms with Gasteiger partial charge in [0.2, 0.25) is 0 Å². The Bertz CT molecular complexity index is 1020. The standard InChI is InChI=1S/C23H23N3OS/c27-23(24-15-17-8-2-1-3-9-17)21-16-28-22(26-21)13-7-5-11-19-14-18-10-4-6-12-20(18)25-19/h1-4,6,8-10,12,14,16,25H,5,7,11,13,15H2,(H,24,27). The number of amides is 1. The zero-order valence-corrected chi connectivity index (χ0v) is 16.5. The molecular formula is C23H23N3OS. The number of rotatable bonds is 8. The molecule has 2 N–H and O–H groups in total. The smallest absolute Gasteiger partial charge is 0.271 e. The Kier molecular flexibility index (Phi) is 5.83. The number of nitrogens with one attached hydrogen (secondary N) is 2. The number of benzene rings is 2. The molecule has 0 saturated carbocycles. The minimum Gasteiger partial charge on any atom is -0.358 e. The van der Waals surface area contributed by atoms with Crippen LogP contribution >= 0.6 is 11.3 Å². The van der Waals surface area contributed by atoms with Gasteiger partial charge in [-0.3, -0.25) is 4.79 Å². The topological polar surface area (TPSA) is 57.8 Å². The quantitative estimate of drug-likeness (QED) is 0.411. The largest absolute Gasteiger partial charge is 0.358 e. The summed E-state index contributed by atoms with van der Waals surface area (Å²) < 4.78 is 0. The van der Waals surface area contributed by atoms with Crippen molar-refractivity contribution in [1.29, 1.82) is 0 Å². The monoisotopic (exact) mass is 389 g/mol. The summed E-state index contributed by atoms with van der Waals surface area (Å²) in [5, 5.41) is 7.08. The molecular weight excluding hydrogens is 366 g/mol. The SMILES string of the molecule is O=C(NCc1ccccc1)c1csc(CCCCc2cc3ccccc3[nH]2)n1. The Morgan fingerprint density at radius 1 is 1.00 bits per heavy atom. The Balaban J connectivity index is 1.22. The molecule has 0 bridgehead atoms. The number of fused-ring (bicyclic) bond motifs is 1. The van der Waals surface area contributed by atoms with Crippen molar-refractivity contribution in [3.05, 3.63) is 88.0 Å². The number of carbonyl (C=O) groups excluding carboxylic acids is 1. The van der Waals surface area contributed by atoms with Crippen LogP contribution in [0.2, 0.25) is 0 Å². The maximum Gasteiger partial charge on any atom is 0.271 e. The molecule has 0 spiro atoms. The highest BCUT2D eigenvalue weighted by Crippen LogP contribution is 2.18. The van der Waals surface area contributed by atoms with Gasteiger partial charge in [0.1, 0.15) is 5.69 Å². The summed E-state index contributed by atoms with van der Waals surface area (Å²) in [6.07, 6.45) is 4.11. The predicted octanol–water partition coefficient (Wildman–Crippen LogP) is 5.12. The van der Waals surface area contributed by atoms with Gasteiger partial charge in [-0.1, -0.05) is 48.5 Å². The van der Waals surface area contributed by atoms with Gasteiger partial charge in [-0.05, 0) is 48.8 Å². The molecule has 0 aliphatic carbocycles. The molecule has 0 aliphatic heterocycles. The first-order chi connectivity index (χ1) is 13.8. The van der Waals surface area contributed by atoms with E-state index in [1.165, 1.54) is 16.6 Å². The summed E-state index contributed by atoms with van der Waals surface area (Å²) in [4.78, 5) is 20.2. The van der Waals surface area contributed by atoms with Crippen LogP contribution < -0.4 is 5.32 Å². The Labute approximate surface area is 168 Å². The van der Waals surface area contributed by atoms with Crippen molar-refractivity contribution < 1.29 is 4.79 Å². The lowest BCUT2D eigenvalue weighted by Gasteiger charge is -2.03. The van der Waals surface area contributed by atoms with Crippen LogP contribution in [-0.2, 0) is 19.4 Å². The van der Waals surface area contributed by atoms with E-state index in [0.29, 0.717) is 12.2 Å².